The van der Waals surface area contributed by atoms with E-state index < -0.39 is 5.54 Å². The fourth-order valence-corrected chi connectivity index (χ4v) is 4.59. The molecule has 1 atom stereocenters. The van der Waals surface area contributed by atoms with Crippen molar-refractivity contribution in [2.75, 3.05) is 0 Å². The van der Waals surface area contributed by atoms with Crippen molar-refractivity contribution in [1.29, 1.82) is 0 Å². The van der Waals surface area contributed by atoms with Gasteiger partial charge in [-0.25, -0.2) is 0 Å². The van der Waals surface area contributed by atoms with Gasteiger partial charge < -0.3 is 10.2 Å². The molecule has 4 nitrogen and oxygen atoms in total. The second-order valence-corrected chi connectivity index (χ2v) is 8.38. The normalized spacial score (nSPS) is 26.2. The zero-order valence-electron chi connectivity index (χ0n) is 14.6. The summed E-state index contributed by atoms with van der Waals surface area (Å²) in [6, 6.07) is 4.30. The SMILES string of the molecule is C[C@]1(C(=O)NC2CCCCCCC2)CCC(=O)N1Cc1cccs1. The standard InChI is InChI=1S/C19H28N2O2S/c1-19(18(23)20-15-8-5-3-2-4-6-9-15)12-11-17(22)21(19)14-16-10-7-13-24-16/h7,10,13,15H,2-6,8-9,11-12,14H2,1H3,(H,20,23)/t19-/m1/s1. The molecule has 24 heavy (non-hydrogen) atoms. The van der Waals surface area contributed by atoms with Crippen LogP contribution in [0.3, 0.4) is 0 Å². The maximum absolute atomic E-state index is 13.0. The van der Waals surface area contributed by atoms with Crippen molar-refractivity contribution >= 4 is 23.2 Å². The first kappa shape index (κ1) is 17.5. The average Bonchev–Trinajstić information content (AvgIpc) is 3.14. The Morgan fingerprint density at radius 1 is 1.29 bits per heavy atom. The quantitative estimate of drug-likeness (QED) is 0.898. The van der Waals surface area contributed by atoms with Gasteiger partial charge in [0.2, 0.25) is 11.8 Å². The number of carbonyl (C=O) groups is 2. The lowest BCUT2D eigenvalue weighted by Crippen LogP contribution is -2.56. The number of nitrogens with one attached hydrogen (secondary N) is 1. The highest BCUT2D eigenvalue weighted by atomic mass is 32.1. The fourth-order valence-electron chi connectivity index (χ4n) is 3.89. The van der Waals surface area contributed by atoms with Crippen LogP contribution in [0.25, 0.3) is 0 Å². The highest BCUT2D eigenvalue weighted by Crippen LogP contribution is 2.33. The molecule has 1 N–H and O–H groups in total. The van der Waals surface area contributed by atoms with E-state index in [2.05, 4.69) is 5.32 Å². The summed E-state index contributed by atoms with van der Waals surface area (Å²) < 4.78 is 0. The lowest BCUT2D eigenvalue weighted by atomic mass is 9.93. The molecule has 2 fully saturated rings. The van der Waals surface area contributed by atoms with Crippen LogP contribution >= 0.6 is 11.3 Å². The lowest BCUT2D eigenvalue weighted by Gasteiger charge is -2.35. The molecule has 1 aromatic heterocycles. The van der Waals surface area contributed by atoms with Crippen molar-refractivity contribution in [3.8, 4) is 0 Å². The van der Waals surface area contributed by atoms with E-state index in [1.807, 2.05) is 24.4 Å². The molecule has 0 radical (unpaired) electrons. The van der Waals surface area contributed by atoms with Crippen molar-refractivity contribution < 1.29 is 9.59 Å². The molecule has 1 saturated carbocycles. The van der Waals surface area contributed by atoms with Gasteiger partial charge in [0.05, 0.1) is 6.54 Å². The van der Waals surface area contributed by atoms with Crippen LogP contribution in [0.1, 0.15) is 69.6 Å². The smallest absolute Gasteiger partial charge is 0.245 e. The average molecular weight is 349 g/mol. The van der Waals surface area contributed by atoms with Gasteiger partial charge in [-0.15, -0.1) is 11.3 Å². The minimum Gasteiger partial charge on any atom is -0.351 e. The third-order valence-corrected chi connectivity index (χ3v) is 6.41. The van der Waals surface area contributed by atoms with E-state index in [-0.39, 0.29) is 17.9 Å². The molecule has 0 spiro atoms. The van der Waals surface area contributed by atoms with E-state index in [9.17, 15) is 9.59 Å². The van der Waals surface area contributed by atoms with E-state index in [0.717, 1.165) is 17.7 Å². The number of carbonyl (C=O) groups excluding carboxylic acids is 2. The zero-order valence-corrected chi connectivity index (χ0v) is 15.4. The van der Waals surface area contributed by atoms with Crippen LogP contribution < -0.4 is 5.32 Å². The molecule has 1 saturated heterocycles. The highest BCUT2D eigenvalue weighted by Gasteiger charge is 2.47. The Morgan fingerprint density at radius 3 is 2.67 bits per heavy atom. The van der Waals surface area contributed by atoms with Crippen LogP contribution in [0.15, 0.2) is 17.5 Å². The molecular weight excluding hydrogens is 320 g/mol. The Labute approximate surface area is 148 Å². The summed E-state index contributed by atoms with van der Waals surface area (Å²) in [5.41, 5.74) is -0.705. The van der Waals surface area contributed by atoms with E-state index >= 15 is 0 Å². The van der Waals surface area contributed by atoms with Gasteiger partial charge in [0.1, 0.15) is 5.54 Å². The van der Waals surface area contributed by atoms with Crippen molar-refractivity contribution in [2.24, 2.45) is 0 Å². The molecule has 2 heterocycles. The molecule has 1 aliphatic carbocycles. The van der Waals surface area contributed by atoms with Crippen molar-refractivity contribution in [1.82, 2.24) is 10.2 Å². The zero-order chi connectivity index (χ0) is 17.0. The molecule has 1 aromatic rings. The van der Waals surface area contributed by atoms with Crippen LogP contribution in [0.4, 0.5) is 0 Å². The lowest BCUT2D eigenvalue weighted by molar-refractivity contribution is -0.141. The largest absolute Gasteiger partial charge is 0.351 e. The van der Waals surface area contributed by atoms with Gasteiger partial charge in [-0.3, -0.25) is 9.59 Å². The first-order valence-electron chi connectivity index (χ1n) is 9.23. The molecule has 5 heteroatoms. The van der Waals surface area contributed by atoms with Gasteiger partial charge in [-0.05, 0) is 37.6 Å². The predicted octanol–water partition coefficient (Wildman–Crippen LogP) is 3.86. The number of nitrogens with zero attached hydrogens (tertiary/aromatic N) is 1. The predicted molar refractivity (Wildman–Crippen MR) is 96.8 cm³/mol. The molecule has 132 valence electrons. The molecule has 2 aliphatic rings. The second kappa shape index (κ2) is 7.68. The molecule has 0 unspecified atom stereocenters. The third-order valence-electron chi connectivity index (χ3n) is 5.55. The molecule has 3 rings (SSSR count). The number of amides is 2. The third kappa shape index (κ3) is 3.82. The number of hydrogen-bond acceptors (Lipinski definition) is 3. The van der Waals surface area contributed by atoms with Crippen LogP contribution in [0, 0.1) is 0 Å². The van der Waals surface area contributed by atoms with Crippen LogP contribution in [0.5, 0.6) is 0 Å². The number of thiophene rings is 1. The van der Waals surface area contributed by atoms with Crippen LogP contribution in [-0.4, -0.2) is 28.3 Å². The first-order valence-corrected chi connectivity index (χ1v) is 10.1. The van der Waals surface area contributed by atoms with Gasteiger partial charge >= 0.3 is 0 Å². The number of rotatable bonds is 4. The second-order valence-electron chi connectivity index (χ2n) is 7.35. The van der Waals surface area contributed by atoms with Gasteiger partial charge in [-0.1, -0.05) is 38.2 Å². The maximum atomic E-state index is 13.0. The fraction of sp³-hybridized carbons (Fsp3) is 0.684. The molecule has 1 aliphatic heterocycles. The van der Waals surface area contributed by atoms with Crippen LogP contribution in [0.2, 0.25) is 0 Å². The first-order chi connectivity index (χ1) is 11.6. The summed E-state index contributed by atoms with van der Waals surface area (Å²) in [6.07, 6.45) is 9.48. The summed E-state index contributed by atoms with van der Waals surface area (Å²) in [7, 11) is 0. The van der Waals surface area contributed by atoms with Crippen LogP contribution in [-0.2, 0) is 16.1 Å². The molecule has 0 bridgehead atoms. The molecular formula is C19H28N2O2S. The van der Waals surface area contributed by atoms with Gasteiger partial charge in [0, 0.05) is 17.3 Å². The minimum absolute atomic E-state index is 0.0375. The molecule has 0 aromatic carbocycles. The van der Waals surface area contributed by atoms with Crippen molar-refractivity contribution in [3.05, 3.63) is 22.4 Å². The van der Waals surface area contributed by atoms with Crippen molar-refractivity contribution in [3.63, 3.8) is 0 Å². The maximum Gasteiger partial charge on any atom is 0.245 e. The topological polar surface area (TPSA) is 49.4 Å². The number of likely N-dealkylation sites (tertiary alicyclic amines) is 1. The monoisotopic (exact) mass is 348 g/mol. The Bertz CT molecular complexity index is 564. The summed E-state index contributed by atoms with van der Waals surface area (Å²) in [5.74, 6) is 0.134. The van der Waals surface area contributed by atoms with E-state index in [4.69, 9.17) is 0 Å². The Morgan fingerprint density at radius 2 is 2.00 bits per heavy atom. The Hall–Kier alpha value is -1.36. The van der Waals surface area contributed by atoms with Crippen molar-refractivity contribution in [2.45, 2.75) is 82.8 Å². The van der Waals surface area contributed by atoms with Gasteiger partial charge in [-0.2, -0.15) is 0 Å². The summed E-state index contributed by atoms with van der Waals surface area (Å²) in [6.45, 7) is 2.48. The van der Waals surface area contributed by atoms with E-state index in [0.29, 0.717) is 19.4 Å². The van der Waals surface area contributed by atoms with Gasteiger partial charge in [0.25, 0.3) is 0 Å². The van der Waals surface area contributed by atoms with Gasteiger partial charge in [0.15, 0.2) is 0 Å². The summed E-state index contributed by atoms with van der Waals surface area (Å²) in [4.78, 5) is 28.3. The number of hydrogen-bond donors (Lipinski definition) is 1. The molecule has 2 amide bonds. The Balaban J connectivity index is 1.67. The Kier molecular flexibility index (Phi) is 5.59. The summed E-state index contributed by atoms with van der Waals surface area (Å²) in [5, 5.41) is 5.29. The van der Waals surface area contributed by atoms with E-state index in [1.54, 1.807) is 16.2 Å². The minimum atomic E-state index is -0.705. The summed E-state index contributed by atoms with van der Waals surface area (Å²) >= 11 is 1.64. The highest BCUT2D eigenvalue weighted by molar-refractivity contribution is 7.09. The van der Waals surface area contributed by atoms with E-state index in [1.165, 1.54) is 32.1 Å².